The van der Waals surface area contributed by atoms with Crippen molar-refractivity contribution in [3.05, 3.63) is 71.8 Å². The van der Waals surface area contributed by atoms with Gasteiger partial charge in [0.25, 0.3) is 0 Å². The van der Waals surface area contributed by atoms with Gasteiger partial charge in [0.05, 0.1) is 6.54 Å². The molecule has 0 unspecified atom stereocenters. The maximum atomic E-state index is 12.6. The van der Waals surface area contributed by atoms with Crippen molar-refractivity contribution in [2.45, 2.75) is 19.3 Å². The van der Waals surface area contributed by atoms with Crippen molar-refractivity contribution >= 4 is 5.95 Å². The van der Waals surface area contributed by atoms with Gasteiger partial charge < -0.3 is 5.32 Å². The molecule has 0 bridgehead atoms. The van der Waals surface area contributed by atoms with Crippen molar-refractivity contribution in [3.63, 3.8) is 0 Å². The van der Waals surface area contributed by atoms with E-state index in [2.05, 4.69) is 20.4 Å². The van der Waals surface area contributed by atoms with Gasteiger partial charge in [-0.05, 0) is 23.3 Å². The third kappa shape index (κ3) is 4.09. The van der Waals surface area contributed by atoms with E-state index < -0.39 is 11.9 Å². The van der Waals surface area contributed by atoms with Gasteiger partial charge in [0.2, 0.25) is 5.95 Å². The highest BCUT2D eigenvalue weighted by Gasteiger charge is 2.32. The van der Waals surface area contributed by atoms with Crippen LogP contribution in [0.4, 0.5) is 19.1 Å². The Morgan fingerprint density at radius 1 is 1.04 bits per heavy atom. The van der Waals surface area contributed by atoms with Gasteiger partial charge >= 0.3 is 6.18 Å². The first-order chi connectivity index (χ1) is 11.5. The number of benzene rings is 1. The maximum Gasteiger partial charge on any atom is 0.433 e. The highest BCUT2D eigenvalue weighted by molar-refractivity contribution is 5.31. The number of nitrogens with one attached hydrogen (secondary N) is 1. The molecule has 0 aliphatic heterocycles. The summed E-state index contributed by atoms with van der Waals surface area (Å²) in [5.41, 5.74) is 0.996. The summed E-state index contributed by atoms with van der Waals surface area (Å²) >= 11 is 0. The zero-order chi connectivity index (χ0) is 17.0. The van der Waals surface area contributed by atoms with Gasteiger partial charge in [-0.15, -0.1) is 0 Å². The van der Waals surface area contributed by atoms with Crippen LogP contribution in [0.25, 0.3) is 0 Å². The van der Waals surface area contributed by atoms with Gasteiger partial charge in [-0.1, -0.05) is 24.3 Å². The Bertz CT molecular complexity index is 799. The largest absolute Gasteiger partial charge is 0.433 e. The van der Waals surface area contributed by atoms with Crippen LogP contribution < -0.4 is 5.32 Å². The van der Waals surface area contributed by atoms with Crippen molar-refractivity contribution in [1.29, 1.82) is 0 Å². The minimum atomic E-state index is -4.48. The lowest BCUT2D eigenvalue weighted by Gasteiger charge is -2.09. The summed E-state index contributed by atoms with van der Waals surface area (Å²) in [7, 11) is 0. The van der Waals surface area contributed by atoms with E-state index in [1.54, 1.807) is 10.9 Å². The zero-order valence-electron chi connectivity index (χ0n) is 12.5. The highest BCUT2D eigenvalue weighted by atomic mass is 19.4. The molecule has 8 heteroatoms. The van der Waals surface area contributed by atoms with E-state index in [0.29, 0.717) is 13.1 Å². The van der Waals surface area contributed by atoms with E-state index in [1.807, 2.05) is 36.5 Å². The Hall–Kier alpha value is -2.90. The summed E-state index contributed by atoms with van der Waals surface area (Å²) < 4.78 is 39.7. The van der Waals surface area contributed by atoms with Crippen LogP contribution >= 0.6 is 0 Å². The second-order valence-electron chi connectivity index (χ2n) is 5.14. The summed E-state index contributed by atoms with van der Waals surface area (Å²) in [6, 6.07) is 10.4. The average molecular weight is 333 g/mol. The van der Waals surface area contributed by atoms with Crippen LogP contribution in [0.5, 0.6) is 0 Å². The van der Waals surface area contributed by atoms with E-state index in [9.17, 15) is 13.2 Å². The highest BCUT2D eigenvalue weighted by Crippen LogP contribution is 2.27. The Labute approximate surface area is 136 Å². The van der Waals surface area contributed by atoms with Crippen LogP contribution in [0.2, 0.25) is 0 Å². The van der Waals surface area contributed by atoms with E-state index in [0.717, 1.165) is 23.4 Å². The van der Waals surface area contributed by atoms with Crippen LogP contribution in [0, 0.1) is 0 Å². The SMILES string of the molecule is FC(F)(F)c1ccnc(NCc2cccc(Cn3cccn3)c2)n1. The molecule has 0 spiro atoms. The van der Waals surface area contributed by atoms with E-state index in [4.69, 9.17) is 0 Å². The minimum absolute atomic E-state index is 0.0534. The van der Waals surface area contributed by atoms with Gasteiger partial charge in [0.15, 0.2) is 0 Å². The number of halogens is 3. The van der Waals surface area contributed by atoms with Crippen molar-refractivity contribution < 1.29 is 13.2 Å². The maximum absolute atomic E-state index is 12.6. The normalized spacial score (nSPS) is 11.5. The lowest BCUT2D eigenvalue weighted by atomic mass is 10.1. The van der Waals surface area contributed by atoms with Crippen molar-refractivity contribution in [1.82, 2.24) is 19.7 Å². The van der Waals surface area contributed by atoms with Crippen LogP contribution in [0.15, 0.2) is 55.0 Å². The van der Waals surface area contributed by atoms with Gasteiger partial charge in [-0.3, -0.25) is 4.68 Å². The first-order valence-electron chi connectivity index (χ1n) is 7.20. The Balaban J connectivity index is 1.66. The smallest absolute Gasteiger partial charge is 0.350 e. The second-order valence-corrected chi connectivity index (χ2v) is 5.14. The topological polar surface area (TPSA) is 55.6 Å². The summed E-state index contributed by atoms with van der Waals surface area (Å²) in [6.07, 6.45) is 0.174. The van der Waals surface area contributed by atoms with Crippen LogP contribution in [0.3, 0.4) is 0 Å². The summed E-state index contributed by atoms with van der Waals surface area (Å²) in [5, 5.41) is 6.96. The molecule has 124 valence electrons. The van der Waals surface area contributed by atoms with E-state index >= 15 is 0 Å². The monoisotopic (exact) mass is 333 g/mol. The fourth-order valence-corrected chi connectivity index (χ4v) is 2.20. The molecule has 1 N–H and O–H groups in total. The number of rotatable bonds is 5. The van der Waals surface area contributed by atoms with Crippen LogP contribution in [0.1, 0.15) is 16.8 Å². The Morgan fingerprint density at radius 3 is 2.62 bits per heavy atom. The number of alkyl halides is 3. The average Bonchev–Trinajstić information content (AvgIpc) is 3.06. The fourth-order valence-electron chi connectivity index (χ4n) is 2.20. The third-order valence-electron chi connectivity index (χ3n) is 3.29. The Kier molecular flexibility index (Phi) is 4.45. The van der Waals surface area contributed by atoms with Crippen molar-refractivity contribution in [2.24, 2.45) is 0 Å². The number of aromatic nitrogens is 4. The minimum Gasteiger partial charge on any atom is -0.350 e. The predicted octanol–water partition coefficient (Wildman–Crippen LogP) is 3.35. The number of hydrogen-bond donors (Lipinski definition) is 1. The van der Waals surface area contributed by atoms with Crippen molar-refractivity contribution in [2.75, 3.05) is 5.32 Å². The fraction of sp³-hybridized carbons (Fsp3) is 0.188. The standard InChI is InChI=1S/C16H14F3N5/c17-16(18,19)14-5-7-20-15(23-14)21-10-12-3-1-4-13(9-12)11-24-8-2-6-22-24/h1-9H,10-11H2,(H,20,21,23). The molecule has 3 aromatic rings. The first-order valence-corrected chi connectivity index (χ1v) is 7.20. The lowest BCUT2D eigenvalue weighted by molar-refractivity contribution is -0.141. The van der Waals surface area contributed by atoms with Crippen LogP contribution in [-0.4, -0.2) is 19.7 Å². The molecule has 0 fully saturated rings. The Morgan fingerprint density at radius 2 is 1.88 bits per heavy atom. The quantitative estimate of drug-likeness (QED) is 0.778. The molecular formula is C16H14F3N5. The molecule has 2 aromatic heterocycles. The van der Waals surface area contributed by atoms with Gasteiger partial charge in [-0.25, -0.2) is 9.97 Å². The number of hydrogen-bond acceptors (Lipinski definition) is 4. The van der Waals surface area contributed by atoms with Crippen molar-refractivity contribution in [3.8, 4) is 0 Å². The molecule has 2 heterocycles. The molecule has 5 nitrogen and oxygen atoms in total. The first kappa shape index (κ1) is 16.0. The number of nitrogens with zero attached hydrogens (tertiary/aromatic N) is 4. The van der Waals surface area contributed by atoms with Gasteiger partial charge in [0, 0.05) is 25.1 Å². The molecule has 0 amide bonds. The van der Waals surface area contributed by atoms with E-state index in [-0.39, 0.29) is 5.95 Å². The van der Waals surface area contributed by atoms with Gasteiger partial charge in [0.1, 0.15) is 5.69 Å². The molecule has 0 atom stereocenters. The summed E-state index contributed by atoms with van der Waals surface area (Å²) in [5.74, 6) is -0.0534. The molecule has 3 rings (SSSR count). The predicted molar refractivity (Wildman–Crippen MR) is 82.1 cm³/mol. The molecule has 0 saturated heterocycles. The van der Waals surface area contributed by atoms with Gasteiger partial charge in [-0.2, -0.15) is 18.3 Å². The zero-order valence-corrected chi connectivity index (χ0v) is 12.5. The third-order valence-corrected chi connectivity index (χ3v) is 3.29. The molecule has 24 heavy (non-hydrogen) atoms. The second kappa shape index (κ2) is 6.69. The number of anilines is 1. The van der Waals surface area contributed by atoms with Crippen LogP contribution in [-0.2, 0) is 19.3 Å². The molecule has 0 radical (unpaired) electrons. The summed E-state index contributed by atoms with van der Waals surface area (Å²) in [6.45, 7) is 0.954. The molecular weight excluding hydrogens is 319 g/mol. The molecule has 0 saturated carbocycles. The lowest BCUT2D eigenvalue weighted by Crippen LogP contribution is -2.11. The molecule has 0 aliphatic carbocycles. The molecule has 1 aromatic carbocycles. The summed E-state index contributed by atoms with van der Waals surface area (Å²) in [4.78, 5) is 7.30. The van der Waals surface area contributed by atoms with E-state index in [1.165, 1.54) is 0 Å². The molecule has 0 aliphatic rings.